The van der Waals surface area contributed by atoms with Crippen molar-refractivity contribution < 1.29 is 9.59 Å². The summed E-state index contributed by atoms with van der Waals surface area (Å²) in [7, 11) is 0. The summed E-state index contributed by atoms with van der Waals surface area (Å²) in [4.78, 5) is 25.7. The molecule has 8 heteroatoms. The zero-order valence-corrected chi connectivity index (χ0v) is 17.2. The Morgan fingerprint density at radius 3 is 2.54 bits per heavy atom. The first-order valence-corrected chi connectivity index (χ1v) is 10.5. The van der Waals surface area contributed by atoms with Gasteiger partial charge in [-0.25, -0.2) is 0 Å². The fourth-order valence-electron chi connectivity index (χ4n) is 3.25. The number of piperidine rings is 1. The maximum absolute atomic E-state index is 12.4. The molecule has 1 aromatic heterocycles. The van der Waals surface area contributed by atoms with Crippen LogP contribution in [0.4, 0.5) is 5.69 Å². The second-order valence-corrected chi connectivity index (χ2v) is 8.22. The van der Waals surface area contributed by atoms with Crippen molar-refractivity contribution in [1.82, 2.24) is 20.4 Å². The predicted molar refractivity (Wildman–Crippen MR) is 110 cm³/mol. The highest BCUT2D eigenvalue weighted by Crippen LogP contribution is 2.20. The lowest BCUT2D eigenvalue weighted by molar-refractivity contribution is -0.119. The van der Waals surface area contributed by atoms with E-state index < -0.39 is 0 Å². The summed E-state index contributed by atoms with van der Waals surface area (Å²) in [6.45, 7) is 7.05. The molecule has 28 heavy (non-hydrogen) atoms. The van der Waals surface area contributed by atoms with E-state index in [0.29, 0.717) is 17.5 Å². The summed E-state index contributed by atoms with van der Waals surface area (Å²) in [5, 5.41) is 15.3. The molecule has 0 atom stereocenters. The lowest BCUT2D eigenvalue weighted by Gasteiger charge is -2.31. The van der Waals surface area contributed by atoms with E-state index >= 15 is 0 Å². The van der Waals surface area contributed by atoms with Gasteiger partial charge in [0.15, 0.2) is 0 Å². The van der Waals surface area contributed by atoms with Crippen LogP contribution < -0.4 is 10.6 Å². The fraction of sp³-hybridized carbons (Fsp3) is 0.500. The Kier molecular flexibility index (Phi) is 7.11. The van der Waals surface area contributed by atoms with Crippen LogP contribution in [0, 0.1) is 5.92 Å². The summed E-state index contributed by atoms with van der Waals surface area (Å²) in [6.07, 6.45) is 3.08. The van der Waals surface area contributed by atoms with Crippen molar-refractivity contribution in [3.8, 4) is 0 Å². The number of amides is 2. The summed E-state index contributed by atoms with van der Waals surface area (Å²) in [5.74, 6) is 0.348. The lowest BCUT2D eigenvalue weighted by atomic mass is 9.97. The predicted octanol–water partition coefficient (Wildman–Crippen LogP) is 2.70. The van der Waals surface area contributed by atoms with E-state index in [0.717, 1.165) is 49.6 Å². The molecule has 2 aromatic rings. The van der Waals surface area contributed by atoms with E-state index in [-0.39, 0.29) is 11.8 Å². The highest BCUT2D eigenvalue weighted by atomic mass is 32.1. The number of benzene rings is 1. The highest BCUT2D eigenvalue weighted by Gasteiger charge is 2.21. The minimum absolute atomic E-state index is 0.0309. The van der Waals surface area contributed by atoms with Crippen molar-refractivity contribution >= 4 is 28.8 Å². The molecule has 0 saturated carbocycles. The number of aromatic nitrogens is 2. The van der Waals surface area contributed by atoms with Crippen molar-refractivity contribution in [2.24, 2.45) is 5.92 Å². The van der Waals surface area contributed by atoms with Crippen molar-refractivity contribution in [3.05, 3.63) is 39.8 Å². The quantitative estimate of drug-likeness (QED) is 0.745. The number of nitrogens with zero attached hydrogens (tertiary/aromatic N) is 3. The van der Waals surface area contributed by atoms with Gasteiger partial charge in [-0.1, -0.05) is 30.4 Å². The van der Waals surface area contributed by atoms with Gasteiger partial charge >= 0.3 is 0 Å². The number of aryl methyl sites for hydroxylation is 1. The maximum atomic E-state index is 12.4. The number of hydrogen-bond donors (Lipinski definition) is 2. The van der Waals surface area contributed by atoms with Crippen LogP contribution in [0.2, 0.25) is 0 Å². The van der Waals surface area contributed by atoms with Gasteiger partial charge in [0.25, 0.3) is 5.91 Å². The fourth-order valence-corrected chi connectivity index (χ4v) is 4.02. The number of rotatable bonds is 7. The SMILES string of the molecule is CCc1ccc(NC(=O)c2nnc(CN3CCC(CNC(C)=O)CC3)s2)cc1. The lowest BCUT2D eigenvalue weighted by Crippen LogP contribution is -2.37. The van der Waals surface area contributed by atoms with Crippen LogP contribution in [0.1, 0.15) is 47.1 Å². The molecule has 1 fully saturated rings. The number of anilines is 1. The van der Waals surface area contributed by atoms with E-state index in [1.807, 2.05) is 24.3 Å². The molecule has 150 valence electrons. The van der Waals surface area contributed by atoms with Crippen LogP contribution in [-0.4, -0.2) is 46.5 Å². The maximum Gasteiger partial charge on any atom is 0.286 e. The molecule has 1 saturated heterocycles. The van der Waals surface area contributed by atoms with Gasteiger partial charge in [0.2, 0.25) is 10.9 Å². The highest BCUT2D eigenvalue weighted by molar-refractivity contribution is 7.13. The van der Waals surface area contributed by atoms with Gasteiger partial charge in [0, 0.05) is 19.2 Å². The molecule has 0 spiro atoms. The molecular weight excluding hydrogens is 374 g/mol. The first-order valence-electron chi connectivity index (χ1n) is 9.73. The van der Waals surface area contributed by atoms with Crippen LogP contribution in [0.3, 0.4) is 0 Å². The van der Waals surface area contributed by atoms with Gasteiger partial charge in [-0.3, -0.25) is 14.5 Å². The second-order valence-electron chi connectivity index (χ2n) is 7.16. The zero-order valence-electron chi connectivity index (χ0n) is 16.4. The van der Waals surface area contributed by atoms with Crippen molar-refractivity contribution in [1.29, 1.82) is 0 Å². The second kappa shape index (κ2) is 9.75. The van der Waals surface area contributed by atoms with Crippen LogP contribution >= 0.6 is 11.3 Å². The van der Waals surface area contributed by atoms with E-state index in [9.17, 15) is 9.59 Å². The monoisotopic (exact) mass is 401 g/mol. The Morgan fingerprint density at radius 2 is 1.89 bits per heavy atom. The largest absolute Gasteiger partial charge is 0.356 e. The molecule has 7 nitrogen and oxygen atoms in total. The molecule has 2 N–H and O–H groups in total. The summed E-state index contributed by atoms with van der Waals surface area (Å²) >= 11 is 1.34. The van der Waals surface area contributed by atoms with Gasteiger partial charge in [-0.2, -0.15) is 0 Å². The third-order valence-corrected chi connectivity index (χ3v) is 5.89. The topological polar surface area (TPSA) is 87.2 Å². The molecule has 1 aliphatic heterocycles. The average Bonchev–Trinajstić information content (AvgIpc) is 3.16. The zero-order chi connectivity index (χ0) is 19.9. The normalized spacial score (nSPS) is 15.4. The molecule has 2 heterocycles. The Morgan fingerprint density at radius 1 is 1.18 bits per heavy atom. The Balaban J connectivity index is 1.47. The number of likely N-dealkylation sites (tertiary alicyclic amines) is 1. The van der Waals surface area contributed by atoms with Crippen molar-refractivity contribution in [3.63, 3.8) is 0 Å². The third-order valence-electron chi connectivity index (χ3n) is 4.99. The molecule has 0 radical (unpaired) electrons. The molecular formula is C20H27N5O2S. The molecule has 2 amide bonds. The van der Waals surface area contributed by atoms with Gasteiger partial charge in [-0.15, -0.1) is 10.2 Å². The first kappa shape index (κ1) is 20.4. The number of hydrogen-bond acceptors (Lipinski definition) is 6. The van der Waals surface area contributed by atoms with Crippen LogP contribution in [-0.2, 0) is 17.8 Å². The summed E-state index contributed by atoms with van der Waals surface area (Å²) < 4.78 is 0. The molecule has 1 aromatic carbocycles. The van der Waals surface area contributed by atoms with E-state index in [1.54, 1.807) is 6.92 Å². The molecule has 0 unspecified atom stereocenters. The standard InChI is InChI=1S/C20H27N5O2S/c1-3-15-4-6-17(7-5-15)22-19(27)20-24-23-18(28-20)13-25-10-8-16(9-11-25)12-21-14(2)26/h4-7,16H,3,8-13H2,1-2H3,(H,21,26)(H,22,27). The van der Waals surface area contributed by atoms with Gasteiger partial charge in [0.05, 0.1) is 6.54 Å². The number of nitrogens with one attached hydrogen (secondary N) is 2. The van der Waals surface area contributed by atoms with Crippen molar-refractivity contribution in [2.45, 2.75) is 39.7 Å². The number of carbonyl (C=O) groups is 2. The minimum atomic E-state index is -0.220. The average molecular weight is 402 g/mol. The van der Waals surface area contributed by atoms with E-state index in [2.05, 4.69) is 32.7 Å². The first-order chi connectivity index (χ1) is 13.5. The van der Waals surface area contributed by atoms with E-state index in [1.165, 1.54) is 16.9 Å². The summed E-state index contributed by atoms with van der Waals surface area (Å²) in [6, 6.07) is 7.83. The van der Waals surface area contributed by atoms with Gasteiger partial charge in [0.1, 0.15) is 5.01 Å². The molecule has 0 aliphatic carbocycles. The van der Waals surface area contributed by atoms with Crippen LogP contribution in [0.5, 0.6) is 0 Å². The van der Waals surface area contributed by atoms with Crippen LogP contribution in [0.15, 0.2) is 24.3 Å². The minimum Gasteiger partial charge on any atom is -0.356 e. The molecule has 3 rings (SSSR count). The van der Waals surface area contributed by atoms with Crippen molar-refractivity contribution in [2.75, 3.05) is 25.0 Å². The molecule has 1 aliphatic rings. The number of carbonyl (C=O) groups excluding carboxylic acids is 2. The van der Waals surface area contributed by atoms with Gasteiger partial charge in [-0.05, 0) is 56.0 Å². The van der Waals surface area contributed by atoms with Crippen LogP contribution in [0.25, 0.3) is 0 Å². The third kappa shape index (κ3) is 5.84. The Bertz CT molecular complexity index is 797. The Hall–Kier alpha value is -2.32. The van der Waals surface area contributed by atoms with E-state index in [4.69, 9.17) is 0 Å². The van der Waals surface area contributed by atoms with Gasteiger partial charge < -0.3 is 10.6 Å². The Labute approximate surface area is 169 Å². The molecule has 0 bridgehead atoms. The smallest absolute Gasteiger partial charge is 0.286 e. The summed E-state index contributed by atoms with van der Waals surface area (Å²) in [5.41, 5.74) is 2.00.